The second-order valence-corrected chi connectivity index (χ2v) is 6.46. The Labute approximate surface area is 148 Å². The van der Waals surface area contributed by atoms with E-state index in [1.165, 1.54) is 30.3 Å². The highest BCUT2D eigenvalue weighted by Crippen LogP contribution is 2.46. The summed E-state index contributed by atoms with van der Waals surface area (Å²) in [6.07, 6.45) is -2.55. The molecule has 140 valence electrons. The van der Waals surface area contributed by atoms with Crippen LogP contribution in [0.5, 0.6) is 5.75 Å². The van der Waals surface area contributed by atoms with Gasteiger partial charge < -0.3 is 4.74 Å². The quantitative estimate of drug-likeness (QED) is 0.650. The average molecular weight is 371 g/mol. The van der Waals surface area contributed by atoms with Crippen LogP contribution in [0.3, 0.4) is 0 Å². The first kappa shape index (κ1) is 18.6. The van der Waals surface area contributed by atoms with Crippen molar-refractivity contribution in [3.63, 3.8) is 0 Å². The fourth-order valence-corrected chi connectivity index (χ4v) is 3.15. The van der Waals surface area contributed by atoms with Crippen LogP contribution in [0, 0.1) is 5.82 Å². The van der Waals surface area contributed by atoms with Gasteiger partial charge in [-0.1, -0.05) is 6.92 Å². The van der Waals surface area contributed by atoms with E-state index < -0.39 is 36.9 Å². The Bertz CT molecular complexity index is 774. The number of ether oxygens (including phenoxy) is 1. The number of pyridine rings is 1. The normalized spacial score (nSPS) is 16.4. The molecule has 0 radical (unpaired) electrons. The Balaban J connectivity index is 2.24. The van der Waals surface area contributed by atoms with Crippen LogP contribution in [0.1, 0.15) is 30.5 Å². The first-order valence-corrected chi connectivity index (χ1v) is 8.30. The number of rotatable bonds is 6. The Hall–Kier alpha value is -2.18. The van der Waals surface area contributed by atoms with Crippen molar-refractivity contribution < 1.29 is 26.7 Å². The minimum atomic E-state index is -2.67. The van der Waals surface area contributed by atoms with E-state index in [1.807, 2.05) is 0 Å². The molecule has 0 aliphatic carbocycles. The van der Waals surface area contributed by atoms with Gasteiger partial charge in [-0.25, -0.2) is 26.9 Å². The number of alkyl halides is 4. The summed E-state index contributed by atoms with van der Waals surface area (Å²) in [4.78, 5) is 4.30. The summed E-state index contributed by atoms with van der Waals surface area (Å²) >= 11 is 0. The second kappa shape index (κ2) is 7.21. The van der Waals surface area contributed by atoms with Crippen molar-refractivity contribution in [3.05, 3.63) is 47.4 Å². The Morgan fingerprint density at radius 3 is 2.35 bits per heavy atom. The number of halogens is 5. The molecule has 1 unspecified atom stereocenters. The van der Waals surface area contributed by atoms with Crippen molar-refractivity contribution in [2.24, 2.45) is 0 Å². The second-order valence-electron chi connectivity index (χ2n) is 6.46. The summed E-state index contributed by atoms with van der Waals surface area (Å²) in [5, 5.41) is 0. The summed E-state index contributed by atoms with van der Waals surface area (Å²) in [7, 11) is 0. The molecule has 2 heterocycles. The highest BCUT2D eigenvalue weighted by atomic mass is 19.3. The van der Waals surface area contributed by atoms with Gasteiger partial charge in [-0.2, -0.15) is 0 Å². The van der Waals surface area contributed by atoms with E-state index in [9.17, 15) is 22.0 Å². The van der Waals surface area contributed by atoms with Crippen LogP contribution in [0.15, 0.2) is 30.3 Å². The molecule has 0 saturated carbocycles. The Kier molecular flexibility index (Phi) is 5.16. The SMILES string of the molecule is CCC(c1cc2c(c(-c3ccc(F)cc3)n1)OCC2(CF)CF)C(F)F. The van der Waals surface area contributed by atoms with E-state index in [4.69, 9.17) is 4.74 Å². The molecule has 0 amide bonds. The first-order chi connectivity index (χ1) is 12.5. The van der Waals surface area contributed by atoms with Gasteiger partial charge in [0.2, 0.25) is 6.43 Å². The number of aromatic nitrogens is 1. The van der Waals surface area contributed by atoms with Crippen molar-refractivity contribution in [3.8, 4) is 17.0 Å². The molecule has 0 fully saturated rings. The molecule has 1 aromatic carbocycles. The minimum Gasteiger partial charge on any atom is -0.490 e. The molecule has 1 aliphatic rings. The van der Waals surface area contributed by atoms with Crippen molar-refractivity contribution in [2.45, 2.75) is 31.1 Å². The zero-order chi connectivity index (χ0) is 18.9. The molecule has 1 aromatic heterocycles. The lowest BCUT2D eigenvalue weighted by Crippen LogP contribution is -2.33. The highest BCUT2D eigenvalue weighted by Gasteiger charge is 2.44. The first-order valence-electron chi connectivity index (χ1n) is 8.30. The van der Waals surface area contributed by atoms with Gasteiger partial charge in [0.25, 0.3) is 0 Å². The number of hydrogen-bond donors (Lipinski definition) is 0. The maximum absolute atomic E-state index is 13.7. The minimum absolute atomic E-state index is 0.0531. The molecule has 0 spiro atoms. The molecule has 0 saturated heterocycles. The molecule has 2 aromatic rings. The predicted octanol–water partition coefficient (Wildman–Crippen LogP) is 5.22. The van der Waals surface area contributed by atoms with E-state index in [2.05, 4.69) is 4.98 Å². The van der Waals surface area contributed by atoms with Gasteiger partial charge in [-0.15, -0.1) is 0 Å². The Morgan fingerprint density at radius 1 is 1.15 bits per heavy atom. The van der Waals surface area contributed by atoms with Crippen molar-refractivity contribution in [1.29, 1.82) is 0 Å². The van der Waals surface area contributed by atoms with E-state index in [1.54, 1.807) is 6.92 Å². The molecule has 1 atom stereocenters. The lowest BCUT2D eigenvalue weighted by Gasteiger charge is -2.22. The number of nitrogens with zero attached hydrogens (tertiary/aromatic N) is 1. The maximum atomic E-state index is 13.7. The fourth-order valence-electron chi connectivity index (χ4n) is 3.15. The average Bonchev–Trinajstić information content (AvgIpc) is 3.01. The van der Waals surface area contributed by atoms with Gasteiger partial charge >= 0.3 is 0 Å². The third-order valence-electron chi connectivity index (χ3n) is 4.81. The van der Waals surface area contributed by atoms with Crippen LogP contribution in [0.4, 0.5) is 22.0 Å². The van der Waals surface area contributed by atoms with Gasteiger partial charge in [-0.05, 0) is 36.8 Å². The lowest BCUT2D eigenvalue weighted by molar-refractivity contribution is 0.110. The lowest BCUT2D eigenvalue weighted by atomic mass is 9.83. The zero-order valence-corrected chi connectivity index (χ0v) is 14.1. The van der Waals surface area contributed by atoms with Gasteiger partial charge in [0.15, 0.2) is 0 Å². The molecule has 1 aliphatic heterocycles. The van der Waals surface area contributed by atoms with Crippen LogP contribution in [0.25, 0.3) is 11.3 Å². The van der Waals surface area contributed by atoms with E-state index in [0.717, 1.165) is 0 Å². The predicted molar refractivity (Wildman–Crippen MR) is 87.8 cm³/mol. The fraction of sp³-hybridized carbons (Fsp3) is 0.421. The van der Waals surface area contributed by atoms with E-state index in [0.29, 0.717) is 5.56 Å². The summed E-state index contributed by atoms with van der Waals surface area (Å²) in [6.45, 7) is -0.681. The highest BCUT2D eigenvalue weighted by molar-refractivity contribution is 5.71. The zero-order valence-electron chi connectivity index (χ0n) is 14.1. The van der Waals surface area contributed by atoms with E-state index >= 15 is 0 Å². The molecular weight excluding hydrogens is 353 g/mol. The topological polar surface area (TPSA) is 22.1 Å². The van der Waals surface area contributed by atoms with Crippen molar-refractivity contribution >= 4 is 0 Å². The van der Waals surface area contributed by atoms with Crippen LogP contribution in [0.2, 0.25) is 0 Å². The monoisotopic (exact) mass is 371 g/mol. The third kappa shape index (κ3) is 3.04. The van der Waals surface area contributed by atoms with Crippen LogP contribution >= 0.6 is 0 Å². The molecular formula is C19H18F5NO. The number of hydrogen-bond acceptors (Lipinski definition) is 2. The van der Waals surface area contributed by atoms with Gasteiger partial charge in [0.1, 0.15) is 37.2 Å². The van der Waals surface area contributed by atoms with Crippen LogP contribution < -0.4 is 4.74 Å². The molecule has 0 N–H and O–H groups in total. The summed E-state index contributed by atoms with van der Waals surface area (Å²) < 4.78 is 72.9. The van der Waals surface area contributed by atoms with Gasteiger partial charge in [-0.3, -0.25) is 0 Å². The molecule has 26 heavy (non-hydrogen) atoms. The summed E-state index contributed by atoms with van der Waals surface area (Å²) in [5.41, 5.74) is -0.645. The third-order valence-corrected chi connectivity index (χ3v) is 4.81. The van der Waals surface area contributed by atoms with Crippen LogP contribution in [-0.4, -0.2) is 31.4 Å². The molecule has 2 nitrogen and oxygen atoms in total. The number of benzene rings is 1. The smallest absolute Gasteiger partial charge is 0.246 e. The molecule has 0 bridgehead atoms. The summed E-state index contributed by atoms with van der Waals surface area (Å²) in [6, 6.07) is 6.59. The Morgan fingerprint density at radius 2 is 1.81 bits per heavy atom. The number of fused-ring (bicyclic) bond motifs is 1. The van der Waals surface area contributed by atoms with Crippen molar-refractivity contribution in [2.75, 3.05) is 20.0 Å². The molecule has 7 heteroatoms. The summed E-state index contributed by atoms with van der Waals surface area (Å²) in [5.74, 6) is -1.47. The van der Waals surface area contributed by atoms with Gasteiger partial charge in [0, 0.05) is 11.1 Å². The largest absolute Gasteiger partial charge is 0.490 e. The van der Waals surface area contributed by atoms with Gasteiger partial charge in [0.05, 0.1) is 17.0 Å². The van der Waals surface area contributed by atoms with Crippen LogP contribution in [-0.2, 0) is 5.41 Å². The molecule has 3 rings (SSSR count). The maximum Gasteiger partial charge on any atom is 0.246 e. The van der Waals surface area contributed by atoms with Crippen molar-refractivity contribution in [1.82, 2.24) is 4.98 Å². The van der Waals surface area contributed by atoms with E-state index in [-0.39, 0.29) is 35.7 Å². The standard InChI is InChI=1S/C19H18F5NO/c1-2-13(18(23)24)15-7-14-17(26-10-19(14,8-20)9-21)16(25-15)11-3-5-12(22)6-4-11/h3-7,13,18H,2,8-10H2,1H3.